The van der Waals surface area contributed by atoms with Crippen LogP contribution in [0, 0.1) is 6.92 Å². The van der Waals surface area contributed by atoms with Crippen molar-refractivity contribution in [2.24, 2.45) is 0 Å². The fraction of sp³-hybridized carbons (Fsp3) is 0.0952. The topological polar surface area (TPSA) is 39.4 Å². The highest BCUT2D eigenvalue weighted by Crippen LogP contribution is 2.37. The summed E-state index contributed by atoms with van der Waals surface area (Å²) in [6.07, 6.45) is 0. The number of rotatable bonds is 2. The van der Waals surface area contributed by atoms with E-state index in [2.05, 4.69) is 6.07 Å². The van der Waals surface area contributed by atoms with Crippen molar-refractivity contribution < 1.29 is 9.15 Å². The van der Waals surface area contributed by atoms with Crippen molar-refractivity contribution >= 4 is 11.0 Å². The summed E-state index contributed by atoms with van der Waals surface area (Å²) in [6, 6.07) is 19.0. The van der Waals surface area contributed by atoms with Crippen LogP contribution in [0.3, 0.4) is 0 Å². The van der Waals surface area contributed by atoms with Crippen LogP contribution < -0.4 is 10.2 Å². The van der Waals surface area contributed by atoms with Gasteiger partial charge in [0.1, 0.15) is 17.1 Å². The number of aryl methyl sites for hydroxylation is 1. The van der Waals surface area contributed by atoms with Crippen molar-refractivity contribution in [3.63, 3.8) is 0 Å². The Morgan fingerprint density at radius 3 is 2.50 bits per heavy atom. The number of hydrogen-bond acceptors (Lipinski definition) is 3. The predicted octanol–water partition coefficient (Wildman–Crippen LogP) is 4.88. The average Bonchev–Trinajstić information content (AvgIpc) is 2.59. The Hall–Kier alpha value is -3.07. The molecule has 3 nitrogen and oxygen atoms in total. The van der Waals surface area contributed by atoms with Gasteiger partial charge in [0.05, 0.1) is 7.11 Å². The van der Waals surface area contributed by atoms with Gasteiger partial charge in [-0.05, 0) is 53.9 Å². The quantitative estimate of drug-likeness (QED) is 0.495. The summed E-state index contributed by atoms with van der Waals surface area (Å²) in [5.41, 5.74) is 4.58. The Bertz CT molecular complexity index is 1080. The second kappa shape index (κ2) is 5.53. The summed E-state index contributed by atoms with van der Waals surface area (Å²) in [7, 11) is 1.65. The molecule has 0 radical (unpaired) electrons. The molecular weight excluding hydrogens is 300 g/mol. The molecule has 24 heavy (non-hydrogen) atoms. The van der Waals surface area contributed by atoms with Gasteiger partial charge < -0.3 is 9.15 Å². The summed E-state index contributed by atoms with van der Waals surface area (Å²) in [5, 5.41) is 1.01. The van der Waals surface area contributed by atoms with Gasteiger partial charge in [0.2, 0.25) is 0 Å². The third-order valence-electron chi connectivity index (χ3n) is 4.28. The first-order valence-electron chi connectivity index (χ1n) is 7.77. The van der Waals surface area contributed by atoms with E-state index in [1.54, 1.807) is 19.2 Å². The first-order chi connectivity index (χ1) is 11.7. The Balaban J connectivity index is 2.05. The van der Waals surface area contributed by atoms with E-state index < -0.39 is 0 Å². The molecule has 4 rings (SSSR count). The molecule has 118 valence electrons. The van der Waals surface area contributed by atoms with E-state index in [-0.39, 0.29) is 5.43 Å². The van der Waals surface area contributed by atoms with Gasteiger partial charge >= 0.3 is 0 Å². The third-order valence-corrected chi connectivity index (χ3v) is 4.28. The lowest BCUT2D eigenvalue weighted by Crippen LogP contribution is -2.02. The molecule has 2 aliphatic rings. The molecule has 0 saturated carbocycles. The van der Waals surface area contributed by atoms with Crippen LogP contribution in [0.2, 0.25) is 0 Å². The van der Waals surface area contributed by atoms with Crippen molar-refractivity contribution in [2.45, 2.75) is 6.92 Å². The highest BCUT2D eigenvalue weighted by Gasteiger charge is 2.16. The summed E-state index contributed by atoms with van der Waals surface area (Å²) in [5.74, 6) is 1.40. The van der Waals surface area contributed by atoms with Crippen LogP contribution in [0.15, 0.2) is 69.9 Å². The molecule has 1 aliphatic carbocycles. The number of ether oxygens (including phenoxy) is 1. The zero-order chi connectivity index (χ0) is 16.7. The molecule has 0 unspecified atom stereocenters. The number of benzene rings is 3. The normalized spacial score (nSPS) is 11.1. The van der Waals surface area contributed by atoms with Crippen LogP contribution in [0.1, 0.15) is 5.56 Å². The van der Waals surface area contributed by atoms with Gasteiger partial charge in [0.25, 0.3) is 0 Å². The van der Waals surface area contributed by atoms with E-state index in [0.29, 0.717) is 5.76 Å². The molecule has 0 bridgehead atoms. The fourth-order valence-corrected chi connectivity index (χ4v) is 3.09. The highest BCUT2D eigenvalue weighted by atomic mass is 16.5. The number of para-hydroxylation sites is 1. The van der Waals surface area contributed by atoms with Gasteiger partial charge in [0.15, 0.2) is 5.43 Å². The van der Waals surface area contributed by atoms with E-state index in [4.69, 9.17) is 9.15 Å². The van der Waals surface area contributed by atoms with Crippen molar-refractivity contribution in [3.8, 4) is 28.2 Å². The monoisotopic (exact) mass is 316 g/mol. The van der Waals surface area contributed by atoms with Crippen LogP contribution >= 0.6 is 0 Å². The maximum atomic E-state index is 12.2. The minimum Gasteiger partial charge on any atom is -0.497 e. The van der Waals surface area contributed by atoms with E-state index in [1.165, 1.54) is 0 Å². The van der Waals surface area contributed by atoms with Crippen molar-refractivity contribution in [1.29, 1.82) is 0 Å². The minimum absolute atomic E-state index is 0.0632. The molecule has 0 atom stereocenters. The largest absolute Gasteiger partial charge is 0.497 e. The maximum Gasteiger partial charge on any atom is 0.183 e. The molecule has 2 aromatic rings. The van der Waals surface area contributed by atoms with Gasteiger partial charge in [-0.25, -0.2) is 0 Å². The van der Waals surface area contributed by atoms with E-state index in [0.717, 1.165) is 39.0 Å². The SMILES string of the molecule is COc1ccc(-c2cc(=O)cc3oc4ccccc4cc2-3)c(C)c1. The van der Waals surface area contributed by atoms with Crippen molar-refractivity contribution in [3.05, 3.63) is 76.5 Å². The van der Waals surface area contributed by atoms with Gasteiger partial charge in [0, 0.05) is 17.0 Å². The maximum absolute atomic E-state index is 12.2. The van der Waals surface area contributed by atoms with E-state index >= 15 is 0 Å². The standard InChI is InChI=1S/C21H16O3/c1-13-9-16(23-2)7-8-17(13)18-11-15(22)12-21-19(18)10-14-5-3-4-6-20(14)24-21/h3-12H,1-2H3. The molecule has 1 heterocycles. The van der Waals surface area contributed by atoms with Crippen LogP contribution in [-0.2, 0) is 0 Å². The fourth-order valence-electron chi connectivity index (χ4n) is 3.09. The third kappa shape index (κ3) is 2.35. The smallest absolute Gasteiger partial charge is 0.183 e. The molecule has 0 fully saturated rings. The molecule has 0 spiro atoms. The summed E-state index contributed by atoms with van der Waals surface area (Å²) < 4.78 is 11.2. The molecule has 0 amide bonds. The molecule has 0 N–H and O–H groups in total. The van der Waals surface area contributed by atoms with E-state index in [9.17, 15) is 4.79 Å². The summed E-state index contributed by atoms with van der Waals surface area (Å²) in [6.45, 7) is 2.01. The van der Waals surface area contributed by atoms with Gasteiger partial charge in [-0.15, -0.1) is 0 Å². The Morgan fingerprint density at radius 2 is 1.71 bits per heavy atom. The van der Waals surface area contributed by atoms with Gasteiger partial charge in [-0.2, -0.15) is 0 Å². The van der Waals surface area contributed by atoms with Crippen molar-refractivity contribution in [1.82, 2.24) is 0 Å². The van der Waals surface area contributed by atoms with Crippen LogP contribution in [0.5, 0.6) is 5.75 Å². The van der Waals surface area contributed by atoms with Crippen LogP contribution in [-0.4, -0.2) is 7.11 Å². The summed E-state index contributed by atoms with van der Waals surface area (Å²) >= 11 is 0. The second-order valence-electron chi connectivity index (χ2n) is 5.85. The number of fused-ring (bicyclic) bond motifs is 2. The number of hydrogen-bond donors (Lipinski definition) is 0. The Kier molecular flexibility index (Phi) is 3.35. The zero-order valence-electron chi connectivity index (χ0n) is 13.5. The molecule has 0 aromatic heterocycles. The van der Waals surface area contributed by atoms with Gasteiger partial charge in [-0.1, -0.05) is 24.3 Å². The van der Waals surface area contributed by atoms with Crippen LogP contribution in [0.4, 0.5) is 0 Å². The zero-order valence-corrected chi connectivity index (χ0v) is 13.5. The minimum atomic E-state index is -0.0632. The van der Waals surface area contributed by atoms with E-state index in [1.807, 2.05) is 49.4 Å². The van der Waals surface area contributed by atoms with Gasteiger partial charge in [-0.3, -0.25) is 4.79 Å². The van der Waals surface area contributed by atoms with Crippen LogP contribution in [0.25, 0.3) is 33.4 Å². The average molecular weight is 316 g/mol. The molecule has 1 aliphatic heterocycles. The number of methoxy groups -OCH3 is 1. The Labute approximate surface area is 139 Å². The lowest BCUT2D eigenvalue weighted by molar-refractivity contribution is 0.414. The predicted molar refractivity (Wildman–Crippen MR) is 95.8 cm³/mol. The second-order valence-corrected chi connectivity index (χ2v) is 5.85. The summed E-state index contributed by atoms with van der Waals surface area (Å²) in [4.78, 5) is 12.2. The molecular formula is C21H16O3. The Morgan fingerprint density at radius 1 is 0.875 bits per heavy atom. The first-order valence-corrected chi connectivity index (χ1v) is 7.77. The van der Waals surface area contributed by atoms with Crippen molar-refractivity contribution in [2.75, 3.05) is 7.11 Å². The lowest BCUT2D eigenvalue weighted by atomic mass is 9.93. The molecule has 3 heteroatoms. The lowest BCUT2D eigenvalue weighted by Gasteiger charge is -2.14. The molecule has 2 aromatic carbocycles. The highest BCUT2D eigenvalue weighted by molar-refractivity contribution is 5.90. The molecule has 0 saturated heterocycles. The first kappa shape index (κ1) is 14.5.